The predicted molar refractivity (Wildman–Crippen MR) is 115 cm³/mol. The van der Waals surface area contributed by atoms with E-state index in [-0.39, 0.29) is 48.2 Å². The molecule has 3 aliphatic carbocycles. The molecule has 7 heteroatoms. The zero-order valence-corrected chi connectivity index (χ0v) is 19.6. The SMILES string of the molecule is COC(=O)[C@]1(C)CCC[C@@]2(COC(C)=O)[C@H]1[C@H](OC(C)=O)C[C@@H]1[C@@H](C)c3ccoc3C[C@@H]12. The van der Waals surface area contributed by atoms with E-state index < -0.39 is 16.9 Å². The van der Waals surface area contributed by atoms with E-state index in [0.717, 1.165) is 25.0 Å². The van der Waals surface area contributed by atoms with Crippen molar-refractivity contribution in [3.8, 4) is 0 Å². The van der Waals surface area contributed by atoms with Crippen molar-refractivity contribution in [3.05, 3.63) is 23.7 Å². The molecule has 3 aliphatic rings. The summed E-state index contributed by atoms with van der Waals surface area (Å²) < 4.78 is 22.7. The Hall–Kier alpha value is -2.31. The van der Waals surface area contributed by atoms with Crippen molar-refractivity contribution in [2.45, 2.75) is 71.8 Å². The molecule has 1 heterocycles. The van der Waals surface area contributed by atoms with Gasteiger partial charge < -0.3 is 18.6 Å². The summed E-state index contributed by atoms with van der Waals surface area (Å²) in [6, 6.07) is 2.03. The maximum absolute atomic E-state index is 13.1. The zero-order chi connectivity index (χ0) is 23.3. The van der Waals surface area contributed by atoms with Gasteiger partial charge in [0.25, 0.3) is 0 Å². The van der Waals surface area contributed by atoms with Gasteiger partial charge in [0.1, 0.15) is 11.9 Å². The molecule has 4 rings (SSSR count). The van der Waals surface area contributed by atoms with Gasteiger partial charge in [-0.2, -0.15) is 0 Å². The van der Waals surface area contributed by atoms with Crippen LogP contribution in [0, 0.1) is 28.6 Å². The molecule has 0 N–H and O–H groups in total. The molecule has 1 aromatic heterocycles. The molecule has 0 aromatic carbocycles. The van der Waals surface area contributed by atoms with Crippen LogP contribution in [0.5, 0.6) is 0 Å². The summed E-state index contributed by atoms with van der Waals surface area (Å²) in [7, 11) is 1.40. The van der Waals surface area contributed by atoms with Gasteiger partial charge in [-0.05, 0) is 55.6 Å². The molecule has 1 aromatic rings. The topological polar surface area (TPSA) is 92.0 Å². The molecule has 0 aliphatic heterocycles. The maximum atomic E-state index is 13.1. The Morgan fingerprint density at radius 1 is 1.19 bits per heavy atom. The third-order valence-electron chi connectivity index (χ3n) is 8.61. The smallest absolute Gasteiger partial charge is 0.311 e. The van der Waals surface area contributed by atoms with E-state index in [4.69, 9.17) is 18.6 Å². The average Bonchev–Trinajstić information content (AvgIpc) is 3.21. The van der Waals surface area contributed by atoms with Crippen molar-refractivity contribution in [3.63, 3.8) is 0 Å². The Labute approximate surface area is 189 Å². The fraction of sp³-hybridized carbons (Fsp3) is 0.720. The number of esters is 3. The highest BCUT2D eigenvalue weighted by molar-refractivity contribution is 5.77. The largest absolute Gasteiger partial charge is 0.469 e. The number of carbonyl (C=O) groups is 3. The van der Waals surface area contributed by atoms with Crippen molar-refractivity contribution >= 4 is 17.9 Å². The van der Waals surface area contributed by atoms with Gasteiger partial charge in [-0.25, -0.2) is 0 Å². The van der Waals surface area contributed by atoms with Gasteiger partial charge in [0, 0.05) is 31.6 Å². The summed E-state index contributed by atoms with van der Waals surface area (Å²) in [5.41, 5.74) is -0.167. The second kappa shape index (κ2) is 8.23. The lowest BCUT2D eigenvalue weighted by Gasteiger charge is -2.63. The quantitative estimate of drug-likeness (QED) is 0.509. The highest BCUT2D eigenvalue weighted by Crippen LogP contribution is 2.66. The molecule has 2 fully saturated rings. The van der Waals surface area contributed by atoms with Crippen LogP contribution in [-0.4, -0.2) is 37.7 Å². The maximum Gasteiger partial charge on any atom is 0.311 e. The van der Waals surface area contributed by atoms with E-state index in [0.29, 0.717) is 12.8 Å². The van der Waals surface area contributed by atoms with Gasteiger partial charge in [-0.3, -0.25) is 14.4 Å². The van der Waals surface area contributed by atoms with Crippen LogP contribution >= 0.6 is 0 Å². The van der Waals surface area contributed by atoms with Crippen LogP contribution in [0.2, 0.25) is 0 Å². The van der Waals surface area contributed by atoms with Gasteiger partial charge in [0.05, 0.1) is 25.4 Å². The van der Waals surface area contributed by atoms with E-state index in [1.807, 2.05) is 13.0 Å². The number of hydrogen-bond acceptors (Lipinski definition) is 7. The normalized spacial score (nSPS) is 38.0. The number of methoxy groups -OCH3 is 1. The minimum atomic E-state index is -0.842. The van der Waals surface area contributed by atoms with E-state index in [1.54, 1.807) is 6.26 Å². The molecule has 2 saturated carbocycles. The molecule has 0 amide bonds. The van der Waals surface area contributed by atoms with E-state index >= 15 is 0 Å². The van der Waals surface area contributed by atoms with Crippen molar-refractivity contribution in [1.29, 1.82) is 0 Å². The number of fused-ring (bicyclic) bond motifs is 4. The molecule has 0 bridgehead atoms. The first kappa shape index (κ1) is 22.9. The van der Waals surface area contributed by atoms with Crippen LogP contribution in [-0.2, 0) is 35.0 Å². The fourth-order valence-corrected chi connectivity index (χ4v) is 7.48. The summed E-state index contributed by atoms with van der Waals surface area (Å²) in [6.07, 6.45) is 4.90. The lowest BCUT2D eigenvalue weighted by Crippen LogP contribution is -2.65. The summed E-state index contributed by atoms with van der Waals surface area (Å²) >= 11 is 0. The standard InChI is InChI=1S/C25H34O7/c1-14-17-7-10-30-20(17)12-19-18(14)11-21(32-16(3)27)22-24(4,23(28)29-5)8-6-9-25(19,22)13-31-15(2)26/h7,10,14,18-19,21-22H,6,8-9,11-13H2,1-5H3/t14-,18+,19-,21+,22-,24+,25-/m0/s1. The first-order valence-electron chi connectivity index (χ1n) is 11.6. The van der Waals surface area contributed by atoms with Crippen LogP contribution < -0.4 is 0 Å². The van der Waals surface area contributed by atoms with Gasteiger partial charge in [0.2, 0.25) is 0 Å². The minimum absolute atomic E-state index is 0.136. The Balaban J connectivity index is 1.88. The van der Waals surface area contributed by atoms with Crippen LogP contribution in [0.3, 0.4) is 0 Å². The lowest BCUT2D eigenvalue weighted by atomic mass is 9.42. The van der Waals surface area contributed by atoms with Crippen molar-refractivity contribution < 1.29 is 33.0 Å². The van der Waals surface area contributed by atoms with Crippen molar-refractivity contribution in [2.24, 2.45) is 28.6 Å². The van der Waals surface area contributed by atoms with E-state index in [2.05, 4.69) is 6.92 Å². The fourth-order valence-electron chi connectivity index (χ4n) is 7.48. The second-order valence-electron chi connectivity index (χ2n) is 10.2. The second-order valence-corrected chi connectivity index (χ2v) is 10.2. The summed E-state index contributed by atoms with van der Waals surface area (Å²) in [5, 5.41) is 0. The summed E-state index contributed by atoms with van der Waals surface area (Å²) in [5.74, 6) is 0.208. The summed E-state index contributed by atoms with van der Waals surface area (Å²) in [6.45, 7) is 7.13. The molecule has 7 atom stereocenters. The zero-order valence-electron chi connectivity index (χ0n) is 19.6. The minimum Gasteiger partial charge on any atom is -0.469 e. The molecule has 176 valence electrons. The first-order chi connectivity index (χ1) is 15.1. The number of hydrogen-bond donors (Lipinski definition) is 0. The van der Waals surface area contributed by atoms with Crippen molar-refractivity contribution in [1.82, 2.24) is 0 Å². The van der Waals surface area contributed by atoms with Gasteiger partial charge in [-0.1, -0.05) is 13.3 Å². The summed E-state index contributed by atoms with van der Waals surface area (Å²) in [4.78, 5) is 37.2. The Morgan fingerprint density at radius 3 is 2.59 bits per heavy atom. The molecule has 0 spiro atoms. The molecular weight excluding hydrogens is 412 g/mol. The molecule has 0 saturated heterocycles. The van der Waals surface area contributed by atoms with Gasteiger partial charge in [-0.15, -0.1) is 0 Å². The molecular formula is C25H34O7. The number of rotatable bonds is 4. The van der Waals surface area contributed by atoms with Crippen LogP contribution in [0.1, 0.15) is 70.6 Å². The third-order valence-corrected chi connectivity index (χ3v) is 8.61. The van der Waals surface area contributed by atoms with Gasteiger partial charge >= 0.3 is 17.9 Å². The predicted octanol–water partition coefficient (Wildman–Crippen LogP) is 4.04. The van der Waals surface area contributed by atoms with E-state index in [1.165, 1.54) is 26.5 Å². The third kappa shape index (κ3) is 3.44. The van der Waals surface area contributed by atoms with Crippen molar-refractivity contribution in [2.75, 3.05) is 13.7 Å². The van der Waals surface area contributed by atoms with Gasteiger partial charge in [0.15, 0.2) is 0 Å². The van der Waals surface area contributed by atoms with Crippen LogP contribution in [0.25, 0.3) is 0 Å². The number of ether oxygens (including phenoxy) is 3. The highest BCUT2D eigenvalue weighted by atomic mass is 16.5. The monoisotopic (exact) mass is 446 g/mol. The average molecular weight is 447 g/mol. The lowest BCUT2D eigenvalue weighted by molar-refractivity contribution is -0.222. The molecule has 0 unspecified atom stereocenters. The molecule has 0 radical (unpaired) electrons. The Kier molecular flexibility index (Phi) is 5.88. The highest BCUT2D eigenvalue weighted by Gasteiger charge is 2.67. The van der Waals surface area contributed by atoms with Crippen LogP contribution in [0.15, 0.2) is 16.7 Å². The number of furan rings is 1. The van der Waals surface area contributed by atoms with E-state index in [9.17, 15) is 14.4 Å². The molecule has 7 nitrogen and oxygen atoms in total. The molecule has 32 heavy (non-hydrogen) atoms. The Bertz CT molecular complexity index is 904. The van der Waals surface area contributed by atoms with Crippen LogP contribution in [0.4, 0.5) is 0 Å². The first-order valence-corrected chi connectivity index (χ1v) is 11.6. The Morgan fingerprint density at radius 2 is 1.94 bits per heavy atom. The number of carbonyl (C=O) groups excluding carboxylic acids is 3.